The fourth-order valence-electron chi connectivity index (χ4n) is 3.50. The molecule has 1 N–H and O–H groups in total. The van der Waals surface area contributed by atoms with Crippen LogP contribution >= 0.6 is 0 Å². The molecule has 6 nitrogen and oxygen atoms in total. The molecule has 0 unspecified atom stereocenters. The molecular weight excluding hydrogens is 364 g/mol. The second-order valence-electron chi connectivity index (χ2n) is 6.99. The third kappa shape index (κ3) is 4.11. The summed E-state index contributed by atoms with van der Waals surface area (Å²) < 4.78 is 3.48. The zero-order valence-electron chi connectivity index (χ0n) is 16.2. The first-order chi connectivity index (χ1) is 14.1. The van der Waals surface area contributed by atoms with Crippen molar-refractivity contribution in [3.8, 4) is 11.3 Å². The van der Waals surface area contributed by atoms with Gasteiger partial charge in [-0.3, -0.25) is 9.59 Å². The Hall–Kier alpha value is -3.67. The van der Waals surface area contributed by atoms with Gasteiger partial charge in [0.05, 0.1) is 11.9 Å². The molecule has 1 amide bonds. The number of carbonyl (C=O) groups excluding carboxylic acids is 1. The highest BCUT2D eigenvalue weighted by atomic mass is 16.2. The molecule has 0 aliphatic rings. The lowest BCUT2D eigenvalue weighted by Gasteiger charge is -2.09. The smallest absolute Gasteiger partial charge is 0.269 e. The number of nitrogens with zero attached hydrogens (tertiary/aromatic N) is 3. The number of carbonyl (C=O) groups is 1. The zero-order chi connectivity index (χ0) is 20.2. The van der Waals surface area contributed by atoms with E-state index in [1.54, 1.807) is 6.20 Å². The standard InChI is InChI=1S/C23H22N4O2/c1-26-14-18(19-9-5-6-10-21(19)26)11-12-24-22(28)16-27-15-20(25-13-23(27)29)17-7-3-2-4-8-17/h2-10,13-15H,11-12,16H2,1H3,(H,24,28). The number of aryl methyl sites for hydroxylation is 1. The first-order valence-electron chi connectivity index (χ1n) is 9.53. The number of hydrogen-bond donors (Lipinski definition) is 1. The summed E-state index contributed by atoms with van der Waals surface area (Å²) in [6, 6.07) is 17.8. The van der Waals surface area contributed by atoms with Crippen LogP contribution in [0.1, 0.15) is 5.56 Å². The Morgan fingerprint density at radius 1 is 1.03 bits per heavy atom. The monoisotopic (exact) mass is 386 g/mol. The van der Waals surface area contributed by atoms with E-state index < -0.39 is 0 Å². The Labute approximate surface area is 168 Å². The fraction of sp³-hybridized carbons (Fsp3) is 0.174. The molecule has 2 aromatic heterocycles. The lowest BCUT2D eigenvalue weighted by atomic mass is 10.1. The van der Waals surface area contributed by atoms with E-state index in [1.165, 1.54) is 27.2 Å². The lowest BCUT2D eigenvalue weighted by molar-refractivity contribution is -0.121. The normalized spacial score (nSPS) is 10.9. The summed E-state index contributed by atoms with van der Waals surface area (Å²) in [5.74, 6) is -0.197. The van der Waals surface area contributed by atoms with Gasteiger partial charge in [0.25, 0.3) is 5.56 Å². The summed E-state index contributed by atoms with van der Waals surface area (Å²) in [5.41, 5.74) is 3.63. The molecule has 4 aromatic rings. The summed E-state index contributed by atoms with van der Waals surface area (Å²) in [5, 5.41) is 4.11. The van der Waals surface area contributed by atoms with Gasteiger partial charge in [-0.2, -0.15) is 0 Å². The molecule has 2 heterocycles. The van der Waals surface area contributed by atoms with E-state index in [4.69, 9.17) is 0 Å². The van der Waals surface area contributed by atoms with Crippen LogP contribution in [0.2, 0.25) is 0 Å². The van der Waals surface area contributed by atoms with E-state index in [0.29, 0.717) is 12.2 Å². The first-order valence-corrected chi connectivity index (χ1v) is 9.53. The molecule has 146 valence electrons. The second kappa shape index (κ2) is 8.14. The minimum atomic E-state index is -0.297. The maximum atomic E-state index is 12.4. The number of benzene rings is 2. The summed E-state index contributed by atoms with van der Waals surface area (Å²) >= 11 is 0. The number of rotatable bonds is 6. The van der Waals surface area contributed by atoms with E-state index in [1.807, 2.05) is 49.5 Å². The Balaban J connectivity index is 1.40. The van der Waals surface area contributed by atoms with Crippen LogP contribution in [0, 0.1) is 0 Å². The van der Waals surface area contributed by atoms with Crippen molar-refractivity contribution < 1.29 is 4.79 Å². The summed E-state index contributed by atoms with van der Waals surface area (Å²) in [7, 11) is 2.02. The first kappa shape index (κ1) is 18.7. The van der Waals surface area contributed by atoms with Crippen LogP contribution in [0.3, 0.4) is 0 Å². The van der Waals surface area contributed by atoms with Gasteiger partial charge in [0, 0.05) is 42.5 Å². The van der Waals surface area contributed by atoms with E-state index in [9.17, 15) is 9.59 Å². The minimum Gasteiger partial charge on any atom is -0.354 e. The highest BCUT2D eigenvalue weighted by molar-refractivity contribution is 5.84. The molecular formula is C23H22N4O2. The molecule has 6 heteroatoms. The number of nitrogens with one attached hydrogen (secondary N) is 1. The molecule has 0 radical (unpaired) electrons. The maximum absolute atomic E-state index is 12.4. The number of para-hydroxylation sites is 1. The predicted molar refractivity (Wildman–Crippen MR) is 114 cm³/mol. The van der Waals surface area contributed by atoms with Crippen molar-refractivity contribution in [3.05, 3.63) is 89.1 Å². The molecule has 29 heavy (non-hydrogen) atoms. The molecule has 0 aliphatic heterocycles. The Kier molecular flexibility index (Phi) is 5.24. The molecule has 0 fully saturated rings. The zero-order valence-corrected chi connectivity index (χ0v) is 16.2. The second-order valence-corrected chi connectivity index (χ2v) is 6.99. The van der Waals surface area contributed by atoms with Crippen molar-refractivity contribution in [2.45, 2.75) is 13.0 Å². The highest BCUT2D eigenvalue weighted by Crippen LogP contribution is 2.20. The van der Waals surface area contributed by atoms with Gasteiger partial charge in [0.1, 0.15) is 6.54 Å². The van der Waals surface area contributed by atoms with Gasteiger partial charge in [-0.1, -0.05) is 48.5 Å². The Morgan fingerprint density at radius 3 is 2.62 bits per heavy atom. The minimum absolute atomic E-state index is 0.0310. The van der Waals surface area contributed by atoms with Crippen LogP contribution in [0.15, 0.2) is 78.0 Å². The third-order valence-corrected chi connectivity index (χ3v) is 4.95. The number of amides is 1. The van der Waals surface area contributed by atoms with Crippen LogP contribution < -0.4 is 10.9 Å². The molecule has 0 saturated carbocycles. The fourth-order valence-corrected chi connectivity index (χ4v) is 3.50. The van der Waals surface area contributed by atoms with Crippen LogP contribution in [0.4, 0.5) is 0 Å². The molecule has 0 spiro atoms. The quantitative estimate of drug-likeness (QED) is 0.554. The average Bonchev–Trinajstić information content (AvgIpc) is 3.06. The van der Waals surface area contributed by atoms with Crippen LogP contribution in [-0.4, -0.2) is 26.6 Å². The van der Waals surface area contributed by atoms with Gasteiger partial charge in [-0.25, -0.2) is 4.98 Å². The van der Waals surface area contributed by atoms with Crippen molar-refractivity contribution in [2.24, 2.45) is 7.05 Å². The van der Waals surface area contributed by atoms with Crippen molar-refractivity contribution >= 4 is 16.8 Å². The number of fused-ring (bicyclic) bond motifs is 1. The van der Waals surface area contributed by atoms with Crippen molar-refractivity contribution in [3.63, 3.8) is 0 Å². The molecule has 0 saturated heterocycles. The predicted octanol–water partition coefficient (Wildman–Crippen LogP) is 2.76. The SMILES string of the molecule is Cn1cc(CCNC(=O)Cn2cc(-c3ccccc3)ncc2=O)c2ccccc21. The number of hydrogen-bond acceptors (Lipinski definition) is 3. The molecule has 4 rings (SSSR count). The highest BCUT2D eigenvalue weighted by Gasteiger charge is 2.09. The summed E-state index contributed by atoms with van der Waals surface area (Å²) in [6.45, 7) is 0.481. The van der Waals surface area contributed by atoms with Gasteiger partial charge in [0.15, 0.2) is 0 Å². The van der Waals surface area contributed by atoms with Gasteiger partial charge >= 0.3 is 0 Å². The van der Waals surface area contributed by atoms with Gasteiger partial charge in [0.2, 0.25) is 5.91 Å². The van der Waals surface area contributed by atoms with Crippen molar-refractivity contribution in [2.75, 3.05) is 6.54 Å². The van der Waals surface area contributed by atoms with E-state index in [0.717, 1.165) is 12.0 Å². The van der Waals surface area contributed by atoms with Crippen molar-refractivity contribution in [1.29, 1.82) is 0 Å². The summed E-state index contributed by atoms with van der Waals surface area (Å²) in [4.78, 5) is 28.7. The van der Waals surface area contributed by atoms with Crippen LogP contribution in [0.5, 0.6) is 0 Å². The molecule has 0 aliphatic carbocycles. The van der Waals surface area contributed by atoms with E-state index in [2.05, 4.69) is 33.2 Å². The Bertz CT molecular complexity index is 1210. The lowest BCUT2D eigenvalue weighted by Crippen LogP contribution is -2.33. The molecule has 2 aromatic carbocycles. The van der Waals surface area contributed by atoms with Crippen LogP contribution in [0.25, 0.3) is 22.2 Å². The third-order valence-electron chi connectivity index (χ3n) is 4.95. The average molecular weight is 386 g/mol. The summed E-state index contributed by atoms with van der Waals surface area (Å²) in [6.07, 6.45) is 5.71. The largest absolute Gasteiger partial charge is 0.354 e. The van der Waals surface area contributed by atoms with Crippen molar-refractivity contribution in [1.82, 2.24) is 19.4 Å². The van der Waals surface area contributed by atoms with Crippen LogP contribution in [-0.2, 0) is 24.8 Å². The molecule has 0 bridgehead atoms. The van der Waals surface area contributed by atoms with Gasteiger partial charge < -0.3 is 14.5 Å². The maximum Gasteiger partial charge on any atom is 0.269 e. The van der Waals surface area contributed by atoms with Gasteiger partial charge in [-0.15, -0.1) is 0 Å². The van der Waals surface area contributed by atoms with E-state index >= 15 is 0 Å². The topological polar surface area (TPSA) is 68.9 Å². The molecule has 0 atom stereocenters. The van der Waals surface area contributed by atoms with Gasteiger partial charge in [-0.05, 0) is 18.1 Å². The number of aromatic nitrogens is 3. The van der Waals surface area contributed by atoms with E-state index in [-0.39, 0.29) is 18.0 Å². The Morgan fingerprint density at radius 2 is 1.79 bits per heavy atom.